The zero-order valence-electron chi connectivity index (χ0n) is 14.5. The van der Waals surface area contributed by atoms with Crippen molar-refractivity contribution in [2.24, 2.45) is 5.10 Å². The minimum absolute atomic E-state index is 0.0423. The molecule has 14 heavy (non-hydrogen) atoms. The number of hydrogen-bond donors (Lipinski definition) is 0. The molecule has 0 fully saturated rings. The summed E-state index contributed by atoms with van der Waals surface area (Å²) in [4.78, 5) is 12.0. The molecule has 0 unspecified atom stereocenters. The van der Waals surface area contributed by atoms with Gasteiger partial charge >= 0.3 is 0 Å². The van der Waals surface area contributed by atoms with Crippen LogP contribution in [0.5, 0.6) is 0 Å². The first-order chi connectivity index (χ1) is 9.55. The van der Waals surface area contributed by atoms with E-state index in [9.17, 15) is 4.79 Å². The Kier molecular flexibility index (Phi) is 0.994. The lowest BCUT2D eigenvalue weighted by molar-refractivity contribution is -0.116. The van der Waals surface area contributed by atoms with Crippen LogP contribution in [0.15, 0.2) is 35.3 Å². The molecule has 3 nitrogen and oxygen atoms in total. The number of hydrazone groups is 1. The molecule has 0 saturated heterocycles. The molecule has 0 N–H and O–H groups in total. The van der Waals surface area contributed by atoms with Crippen molar-refractivity contribution in [3.63, 3.8) is 0 Å². The second-order valence-corrected chi connectivity index (χ2v) is 2.65. The van der Waals surface area contributed by atoms with Gasteiger partial charge in [-0.1, -0.05) is 25.1 Å². The fourth-order valence-corrected chi connectivity index (χ4v) is 1.09. The van der Waals surface area contributed by atoms with Gasteiger partial charge in [0.2, 0.25) is 0 Å². The number of carbonyl (C=O) groups excluding carboxylic acids is 1. The molecule has 0 bridgehead atoms. The normalized spacial score (nSPS) is 24.1. The van der Waals surface area contributed by atoms with Crippen molar-refractivity contribution in [1.29, 1.82) is 0 Å². The van der Waals surface area contributed by atoms with Crippen LogP contribution in [-0.2, 0) is 4.79 Å². The highest BCUT2D eigenvalue weighted by atomic mass is 16.2. The van der Waals surface area contributed by atoms with Gasteiger partial charge in [-0.3, -0.25) is 4.79 Å². The molecule has 72 valence electrons. The van der Waals surface area contributed by atoms with E-state index in [1.54, 1.807) is 0 Å². The summed E-state index contributed by atoms with van der Waals surface area (Å²) < 4.78 is 53.3. The average molecular weight is 195 g/mol. The third kappa shape index (κ3) is 1.53. The van der Waals surface area contributed by atoms with Gasteiger partial charge in [-0.2, -0.15) is 5.10 Å². The third-order valence-corrected chi connectivity index (χ3v) is 1.76. The van der Waals surface area contributed by atoms with Gasteiger partial charge in [0.25, 0.3) is 5.91 Å². The molecule has 0 saturated carbocycles. The maximum absolute atomic E-state index is 12.0. The van der Waals surface area contributed by atoms with E-state index in [-0.39, 0.29) is 17.8 Å². The second-order valence-electron chi connectivity index (χ2n) is 2.65. The molecule has 0 spiro atoms. The number of amides is 1. The van der Waals surface area contributed by atoms with Crippen LogP contribution < -0.4 is 5.01 Å². The van der Waals surface area contributed by atoms with Crippen molar-refractivity contribution >= 4 is 17.3 Å². The summed E-state index contributed by atoms with van der Waals surface area (Å²) in [5, 5.41) is 4.49. The number of hydrogen-bond acceptors (Lipinski definition) is 2. The van der Waals surface area contributed by atoms with Gasteiger partial charge in [-0.15, -0.1) is 0 Å². The van der Waals surface area contributed by atoms with Crippen LogP contribution in [0.25, 0.3) is 0 Å². The van der Waals surface area contributed by atoms with Crippen molar-refractivity contribution in [3.8, 4) is 0 Å². The molecule has 1 amide bonds. The molecule has 0 radical (unpaired) electrons. The summed E-state index contributed by atoms with van der Waals surface area (Å²) in [7, 11) is 0. The number of anilines is 1. The smallest absolute Gasteiger partial charge is 0.253 e. The molecular weight excluding hydrogens is 176 g/mol. The van der Waals surface area contributed by atoms with E-state index in [2.05, 4.69) is 5.10 Å². The molecule has 1 aromatic carbocycles. The predicted octanol–water partition coefficient (Wildman–Crippen LogP) is 2.19. The zero-order valence-corrected chi connectivity index (χ0v) is 7.51. The Balaban J connectivity index is 2.63. The van der Waals surface area contributed by atoms with Crippen LogP contribution in [0, 0.1) is 0 Å². The van der Waals surface area contributed by atoms with Gasteiger partial charge in [0.1, 0.15) is 0 Å². The van der Waals surface area contributed by atoms with Crippen LogP contribution in [0.4, 0.5) is 5.69 Å². The van der Waals surface area contributed by atoms with Gasteiger partial charge in [-0.05, 0) is 18.5 Å². The van der Waals surface area contributed by atoms with Crippen LogP contribution in [0.3, 0.4) is 0 Å². The second kappa shape index (κ2) is 3.62. The van der Waals surface area contributed by atoms with E-state index < -0.39 is 42.5 Å². The Morgan fingerprint density at radius 2 is 2.29 bits per heavy atom. The minimum atomic E-state index is -1.82. The lowest BCUT2D eigenvalue weighted by Gasteiger charge is -2.10. The van der Waals surface area contributed by atoms with Crippen molar-refractivity contribution in [2.75, 3.05) is 5.01 Å². The largest absolute Gasteiger partial charge is 0.272 e. The Morgan fingerprint density at radius 1 is 1.57 bits per heavy atom. The zero-order chi connectivity index (χ0) is 16.1. The highest BCUT2D eigenvalue weighted by Gasteiger charge is 2.23. The van der Waals surface area contributed by atoms with Gasteiger partial charge in [0, 0.05) is 8.45 Å². The van der Waals surface area contributed by atoms with Crippen LogP contribution in [-0.4, -0.2) is 11.6 Å². The molecule has 1 aliphatic heterocycles. The van der Waals surface area contributed by atoms with Gasteiger partial charge in [-0.25, -0.2) is 5.01 Å². The molecule has 1 heterocycles. The Labute approximate surface area is 92.9 Å². The minimum Gasteiger partial charge on any atom is -0.272 e. The molecule has 3 heteroatoms. The lowest BCUT2D eigenvalue weighted by Crippen LogP contribution is -2.19. The van der Waals surface area contributed by atoms with Crippen molar-refractivity contribution in [3.05, 3.63) is 30.2 Å². The number of nitrogens with zero attached hydrogens (tertiary/aromatic N) is 2. The summed E-state index contributed by atoms with van der Waals surface area (Å²) in [6.07, 6.45) is -2.11. The van der Waals surface area contributed by atoms with E-state index in [0.29, 0.717) is 5.01 Å². The quantitative estimate of drug-likeness (QED) is 0.712. The van der Waals surface area contributed by atoms with Gasteiger partial charge < -0.3 is 0 Å². The highest BCUT2D eigenvalue weighted by Crippen LogP contribution is 2.20. The van der Waals surface area contributed by atoms with Gasteiger partial charge in [0.05, 0.1) is 19.0 Å². The molecule has 0 atom stereocenters. The molecule has 1 aromatic rings. The maximum Gasteiger partial charge on any atom is 0.253 e. The fourth-order valence-electron chi connectivity index (χ4n) is 1.09. The Bertz CT molecular complexity index is 637. The molecule has 0 aromatic heterocycles. The lowest BCUT2D eigenvalue weighted by atomic mass is 10.2. The van der Waals surface area contributed by atoms with E-state index in [0.717, 1.165) is 0 Å². The summed E-state index contributed by atoms with van der Waals surface area (Å²) in [6.45, 7) is 1.24. The summed E-state index contributed by atoms with van der Waals surface area (Å²) in [6, 6.07) is -2.79. The van der Waals surface area contributed by atoms with E-state index in [1.807, 2.05) is 0 Å². The summed E-state index contributed by atoms with van der Waals surface area (Å²) in [5.74, 6) is -0.630. The fraction of sp³-hybridized carbons (Fsp3) is 0.273. The van der Waals surface area contributed by atoms with Crippen LogP contribution >= 0.6 is 0 Å². The number of rotatable bonds is 2. The van der Waals surface area contributed by atoms with Gasteiger partial charge in [0.15, 0.2) is 0 Å². The topological polar surface area (TPSA) is 32.7 Å². The van der Waals surface area contributed by atoms with Crippen molar-refractivity contribution in [1.82, 2.24) is 0 Å². The molecule has 1 aliphatic rings. The first kappa shape index (κ1) is 3.85. The van der Waals surface area contributed by atoms with E-state index in [1.165, 1.54) is 6.92 Å². The maximum atomic E-state index is 12.0. The monoisotopic (exact) mass is 195 g/mol. The summed E-state index contributed by atoms with van der Waals surface area (Å²) >= 11 is 0. The SMILES string of the molecule is [2H]c1c([2H])c([2H])c(N2N=C(C([2H])([2H])C)CC2=O)c([2H])c1[2H]. The molecular formula is C11H12N2O. The van der Waals surface area contributed by atoms with E-state index in [4.69, 9.17) is 9.60 Å². The summed E-state index contributed by atoms with van der Waals surface area (Å²) in [5.41, 5.74) is -0.399. The van der Waals surface area contributed by atoms with Crippen LogP contribution in [0.1, 0.15) is 29.3 Å². The first-order valence-corrected chi connectivity index (χ1v) is 4.03. The third-order valence-electron chi connectivity index (χ3n) is 1.76. The average Bonchev–Trinajstić information content (AvgIpc) is 2.77. The first-order valence-electron chi connectivity index (χ1n) is 7.53. The Morgan fingerprint density at radius 3 is 2.86 bits per heavy atom. The van der Waals surface area contributed by atoms with Crippen molar-refractivity contribution in [2.45, 2.75) is 19.7 Å². The predicted molar refractivity (Wildman–Crippen MR) is 56.3 cm³/mol. The molecule has 0 aliphatic carbocycles. The highest BCUT2D eigenvalue weighted by molar-refractivity contribution is 6.12. The number of carbonyl (C=O) groups is 1. The Hall–Kier alpha value is -1.64. The van der Waals surface area contributed by atoms with E-state index >= 15 is 0 Å². The van der Waals surface area contributed by atoms with Crippen LogP contribution in [0.2, 0.25) is 0 Å². The number of para-hydroxylation sites is 1. The molecule has 2 rings (SSSR count). The van der Waals surface area contributed by atoms with Crippen molar-refractivity contribution < 1.29 is 14.4 Å². The standard InChI is InChI=1S/C11H12N2O/c1-2-9-8-11(14)13(12-9)10-6-4-3-5-7-10/h3-7H,2,8H2,1H3/i2D2,3D,4D,5D,6D,7D. The number of benzene rings is 1.